The number of carbonyl (C=O) groups is 1. The Morgan fingerprint density at radius 3 is 2.95 bits per heavy atom. The topological polar surface area (TPSA) is 29.5 Å². The van der Waals surface area contributed by atoms with Crippen LogP contribution < -0.4 is 0 Å². The molecular weight excluding hydrogens is 258 g/mol. The summed E-state index contributed by atoms with van der Waals surface area (Å²) in [6.45, 7) is 3.76. The summed E-state index contributed by atoms with van der Waals surface area (Å²) in [7, 11) is 0. The van der Waals surface area contributed by atoms with Gasteiger partial charge in [0.05, 0.1) is 30.2 Å². The van der Waals surface area contributed by atoms with Gasteiger partial charge in [0.2, 0.25) is 0 Å². The fourth-order valence-corrected chi connectivity index (χ4v) is 4.76. The lowest BCUT2D eigenvalue weighted by atomic mass is 9.89. The van der Waals surface area contributed by atoms with Crippen molar-refractivity contribution in [2.24, 2.45) is 5.92 Å². The van der Waals surface area contributed by atoms with Crippen LogP contribution in [0.4, 0.5) is 0 Å². The highest BCUT2D eigenvalue weighted by Gasteiger charge is 2.45. The van der Waals surface area contributed by atoms with Crippen LogP contribution in [0.3, 0.4) is 0 Å². The third kappa shape index (κ3) is 1.84. The highest BCUT2D eigenvalue weighted by Crippen LogP contribution is 2.36. The van der Waals surface area contributed by atoms with Gasteiger partial charge in [0, 0.05) is 4.88 Å². The van der Waals surface area contributed by atoms with Gasteiger partial charge in [-0.25, -0.2) is 0 Å². The quantitative estimate of drug-likeness (QED) is 0.789. The second kappa shape index (κ2) is 4.32. The molecule has 4 rings (SSSR count). The maximum absolute atomic E-state index is 12.6. The molecule has 2 bridgehead atoms. The highest BCUT2D eigenvalue weighted by molar-refractivity contribution is 7.14. The summed E-state index contributed by atoms with van der Waals surface area (Å²) in [6, 6.07) is 2.83. The van der Waals surface area contributed by atoms with Gasteiger partial charge >= 0.3 is 0 Å². The van der Waals surface area contributed by atoms with Crippen molar-refractivity contribution < 1.29 is 9.53 Å². The standard InChI is InChI=1S/C15H19NO2S/c1-9-2-3-13-10(4-9)5-14(19-13)15(17)16-11-6-12(16)8-18-7-11/h5,9,11-12H,2-4,6-8H2,1H3/t9-,11-,12-/m1/s1. The molecule has 2 fully saturated rings. The largest absolute Gasteiger partial charge is 0.377 e. The minimum absolute atomic E-state index is 0.247. The van der Waals surface area contributed by atoms with Crippen molar-refractivity contribution in [3.8, 4) is 0 Å². The minimum Gasteiger partial charge on any atom is -0.377 e. The third-order valence-corrected chi connectivity index (χ3v) is 5.95. The number of amides is 1. The highest BCUT2D eigenvalue weighted by atomic mass is 32.1. The molecule has 3 aliphatic rings. The lowest BCUT2D eigenvalue weighted by Gasteiger charge is -2.52. The number of hydrogen-bond acceptors (Lipinski definition) is 3. The zero-order valence-electron chi connectivity index (χ0n) is 11.2. The van der Waals surface area contributed by atoms with Crippen molar-refractivity contribution >= 4 is 17.2 Å². The molecule has 2 saturated heterocycles. The zero-order valence-corrected chi connectivity index (χ0v) is 12.0. The Kier molecular flexibility index (Phi) is 2.71. The fourth-order valence-electron chi connectivity index (χ4n) is 3.61. The van der Waals surface area contributed by atoms with E-state index in [1.54, 1.807) is 11.3 Å². The number of nitrogens with zero attached hydrogens (tertiary/aromatic N) is 1. The molecular formula is C15H19NO2S. The number of aryl methyl sites for hydroxylation is 1. The number of thiophene rings is 1. The first kappa shape index (κ1) is 11.9. The van der Waals surface area contributed by atoms with Crippen LogP contribution in [0.1, 0.15) is 39.9 Å². The van der Waals surface area contributed by atoms with Gasteiger partial charge in [0.25, 0.3) is 5.91 Å². The van der Waals surface area contributed by atoms with Crippen LogP contribution in [-0.2, 0) is 17.6 Å². The molecule has 3 nitrogen and oxygen atoms in total. The normalized spacial score (nSPS) is 32.7. The summed E-state index contributed by atoms with van der Waals surface area (Å²) in [5.41, 5.74) is 1.43. The molecule has 0 radical (unpaired) electrons. The predicted molar refractivity (Wildman–Crippen MR) is 74.7 cm³/mol. The molecule has 19 heavy (non-hydrogen) atoms. The summed E-state index contributed by atoms with van der Waals surface area (Å²) in [5, 5.41) is 0. The Balaban J connectivity index is 1.58. The van der Waals surface area contributed by atoms with E-state index in [4.69, 9.17) is 4.74 Å². The molecule has 0 spiro atoms. The van der Waals surface area contributed by atoms with E-state index in [2.05, 4.69) is 17.9 Å². The molecule has 0 unspecified atom stereocenters. The van der Waals surface area contributed by atoms with Gasteiger partial charge in [-0.05, 0) is 43.2 Å². The van der Waals surface area contributed by atoms with Crippen LogP contribution in [0.15, 0.2) is 6.07 Å². The smallest absolute Gasteiger partial charge is 0.264 e. The fraction of sp³-hybridized carbons (Fsp3) is 0.667. The Morgan fingerprint density at radius 2 is 2.21 bits per heavy atom. The first-order valence-corrected chi connectivity index (χ1v) is 8.06. The lowest BCUT2D eigenvalue weighted by Crippen LogP contribution is -2.65. The van der Waals surface area contributed by atoms with E-state index < -0.39 is 0 Å². The third-order valence-electron chi connectivity index (χ3n) is 4.73. The van der Waals surface area contributed by atoms with Crippen molar-refractivity contribution in [3.05, 3.63) is 21.4 Å². The van der Waals surface area contributed by atoms with E-state index >= 15 is 0 Å². The van der Waals surface area contributed by atoms with Crippen molar-refractivity contribution in [2.75, 3.05) is 13.2 Å². The van der Waals surface area contributed by atoms with Gasteiger partial charge in [-0.15, -0.1) is 11.3 Å². The number of ether oxygens (including phenoxy) is 1. The summed E-state index contributed by atoms with van der Waals surface area (Å²) < 4.78 is 5.45. The molecule has 102 valence electrons. The summed E-state index contributed by atoms with van der Waals surface area (Å²) >= 11 is 1.73. The summed E-state index contributed by atoms with van der Waals surface area (Å²) in [4.78, 5) is 17.1. The van der Waals surface area contributed by atoms with Crippen LogP contribution >= 0.6 is 11.3 Å². The average Bonchev–Trinajstić information content (AvgIpc) is 2.82. The van der Waals surface area contributed by atoms with E-state index in [-0.39, 0.29) is 5.91 Å². The first-order chi connectivity index (χ1) is 9.22. The number of hydrogen-bond donors (Lipinski definition) is 0. The second-order valence-electron chi connectivity index (χ2n) is 6.20. The van der Waals surface area contributed by atoms with Crippen LogP contribution in [-0.4, -0.2) is 36.1 Å². The van der Waals surface area contributed by atoms with Crippen LogP contribution in [0.25, 0.3) is 0 Å². The second-order valence-corrected chi connectivity index (χ2v) is 7.34. The zero-order chi connectivity index (χ0) is 13.0. The Bertz CT molecular complexity index is 510. The molecule has 1 amide bonds. The average molecular weight is 277 g/mol. The summed E-state index contributed by atoms with van der Waals surface area (Å²) in [5.74, 6) is 1.01. The van der Waals surface area contributed by atoms with Crippen molar-refractivity contribution in [3.63, 3.8) is 0 Å². The maximum atomic E-state index is 12.6. The Labute approximate surface area is 117 Å². The predicted octanol–water partition coefficient (Wildman–Crippen LogP) is 2.49. The van der Waals surface area contributed by atoms with Gasteiger partial charge in [0.1, 0.15) is 0 Å². The van der Waals surface area contributed by atoms with Gasteiger partial charge in [-0.1, -0.05) is 6.92 Å². The maximum Gasteiger partial charge on any atom is 0.264 e. The molecule has 1 aromatic heterocycles. The molecule has 4 heteroatoms. The molecule has 0 saturated carbocycles. The Morgan fingerprint density at radius 1 is 1.42 bits per heavy atom. The first-order valence-electron chi connectivity index (χ1n) is 7.24. The van der Waals surface area contributed by atoms with E-state index in [0.717, 1.165) is 43.3 Å². The van der Waals surface area contributed by atoms with E-state index in [1.807, 2.05) is 0 Å². The van der Waals surface area contributed by atoms with Crippen LogP contribution in [0, 0.1) is 5.92 Å². The molecule has 3 heterocycles. The van der Waals surface area contributed by atoms with Gasteiger partial charge < -0.3 is 9.64 Å². The molecule has 0 N–H and O–H groups in total. The van der Waals surface area contributed by atoms with Crippen LogP contribution in [0.5, 0.6) is 0 Å². The molecule has 2 aliphatic heterocycles. The Hall–Kier alpha value is -0.870. The van der Waals surface area contributed by atoms with Crippen LogP contribution in [0.2, 0.25) is 0 Å². The lowest BCUT2D eigenvalue weighted by molar-refractivity contribution is -0.104. The van der Waals surface area contributed by atoms with Gasteiger partial charge in [0.15, 0.2) is 0 Å². The van der Waals surface area contributed by atoms with Crippen molar-refractivity contribution in [1.82, 2.24) is 4.90 Å². The number of morpholine rings is 1. The number of carbonyl (C=O) groups excluding carboxylic acids is 1. The van der Waals surface area contributed by atoms with E-state index in [9.17, 15) is 4.79 Å². The van der Waals surface area contributed by atoms with Crippen molar-refractivity contribution in [2.45, 2.75) is 44.7 Å². The van der Waals surface area contributed by atoms with Gasteiger partial charge in [-0.2, -0.15) is 0 Å². The molecule has 3 atom stereocenters. The molecule has 1 aliphatic carbocycles. The number of fused-ring (bicyclic) bond motifs is 3. The molecule has 1 aromatic rings. The van der Waals surface area contributed by atoms with E-state index in [0.29, 0.717) is 12.1 Å². The van der Waals surface area contributed by atoms with Crippen molar-refractivity contribution in [1.29, 1.82) is 0 Å². The molecule has 0 aromatic carbocycles. The number of rotatable bonds is 1. The monoisotopic (exact) mass is 277 g/mol. The van der Waals surface area contributed by atoms with Gasteiger partial charge in [-0.3, -0.25) is 4.79 Å². The summed E-state index contributed by atoms with van der Waals surface area (Å²) in [6.07, 6.45) is 4.71. The minimum atomic E-state index is 0.247. The van der Waals surface area contributed by atoms with E-state index in [1.165, 1.54) is 16.9 Å². The SMILES string of the molecule is C[C@@H]1CCc2sc(C(=O)N3[C@H]4COC[C@H]3C4)cc2C1.